The highest BCUT2D eigenvalue weighted by Crippen LogP contribution is 2.28. The van der Waals surface area contributed by atoms with Crippen molar-refractivity contribution in [2.75, 3.05) is 39.4 Å². The van der Waals surface area contributed by atoms with Gasteiger partial charge in [-0.1, -0.05) is 0 Å². The number of carbonyl (C=O) groups is 1. The predicted molar refractivity (Wildman–Crippen MR) is 64.8 cm³/mol. The van der Waals surface area contributed by atoms with Crippen LogP contribution in [0.5, 0.6) is 0 Å². The van der Waals surface area contributed by atoms with Gasteiger partial charge in [0.05, 0.1) is 19.6 Å². The number of rotatable bonds is 5. The van der Waals surface area contributed by atoms with Gasteiger partial charge in [-0.15, -0.1) is 0 Å². The second-order valence-corrected chi connectivity index (χ2v) is 4.48. The molecular weight excluding hydrogens is 261 g/mol. The normalized spacial score (nSPS) is 19.2. The Hall–Kier alpha value is -0.820. The molecule has 0 aromatic heterocycles. The van der Waals surface area contributed by atoms with E-state index >= 15 is 0 Å². The Balaban J connectivity index is 2.72. The Morgan fingerprint density at radius 2 is 1.79 bits per heavy atom. The Morgan fingerprint density at radius 1 is 1.26 bits per heavy atom. The largest absolute Gasteiger partial charge is 0.404 e. The fourth-order valence-corrected chi connectivity index (χ4v) is 2.21. The quantitative estimate of drug-likeness (QED) is 0.766. The number of amides is 1. The van der Waals surface area contributed by atoms with Crippen molar-refractivity contribution in [3.63, 3.8) is 0 Å². The molecule has 1 rings (SSSR count). The second kappa shape index (κ2) is 7.09. The summed E-state index contributed by atoms with van der Waals surface area (Å²) in [6.07, 6.45) is -4.90. The van der Waals surface area contributed by atoms with Crippen LogP contribution in [-0.4, -0.2) is 67.3 Å². The maximum Gasteiger partial charge on any atom is 0.404 e. The zero-order valence-corrected chi connectivity index (χ0v) is 11.4. The van der Waals surface area contributed by atoms with E-state index < -0.39 is 24.5 Å². The average molecular weight is 282 g/mol. The van der Waals surface area contributed by atoms with Crippen LogP contribution in [0.2, 0.25) is 0 Å². The van der Waals surface area contributed by atoms with Crippen molar-refractivity contribution in [3.05, 3.63) is 0 Å². The molecule has 1 amide bonds. The lowest BCUT2D eigenvalue weighted by molar-refractivity contribution is -0.196. The molecule has 0 aromatic carbocycles. The highest BCUT2D eigenvalue weighted by molar-refractivity contribution is 5.76. The molecule has 0 saturated carbocycles. The summed E-state index contributed by atoms with van der Waals surface area (Å²) in [6, 6.07) is -1.70. The topological polar surface area (TPSA) is 32.8 Å². The number of alkyl halides is 3. The van der Waals surface area contributed by atoms with Crippen LogP contribution >= 0.6 is 0 Å². The van der Waals surface area contributed by atoms with Gasteiger partial charge in [0.25, 0.3) is 0 Å². The van der Waals surface area contributed by atoms with Gasteiger partial charge in [0.15, 0.2) is 0 Å². The van der Waals surface area contributed by atoms with Crippen LogP contribution in [0, 0.1) is 0 Å². The van der Waals surface area contributed by atoms with Crippen molar-refractivity contribution in [3.8, 4) is 0 Å². The monoisotopic (exact) mass is 282 g/mol. The number of halogens is 3. The second-order valence-electron chi connectivity index (χ2n) is 4.48. The zero-order chi connectivity index (χ0) is 14.5. The number of carbonyl (C=O) groups excluding carboxylic acids is 1. The Kier molecular flexibility index (Phi) is 6.06. The Labute approximate surface area is 111 Å². The molecule has 112 valence electrons. The van der Waals surface area contributed by atoms with Gasteiger partial charge in [-0.3, -0.25) is 9.69 Å². The minimum atomic E-state index is -4.39. The summed E-state index contributed by atoms with van der Waals surface area (Å²) in [7, 11) is 0. The summed E-state index contributed by atoms with van der Waals surface area (Å²) in [5, 5.41) is 0. The summed E-state index contributed by atoms with van der Waals surface area (Å²) in [6.45, 7) is 5.40. The van der Waals surface area contributed by atoms with E-state index in [1.165, 1.54) is 9.80 Å². The van der Waals surface area contributed by atoms with Crippen molar-refractivity contribution in [1.82, 2.24) is 9.80 Å². The zero-order valence-electron chi connectivity index (χ0n) is 11.4. The van der Waals surface area contributed by atoms with Crippen LogP contribution in [0.1, 0.15) is 20.3 Å². The summed E-state index contributed by atoms with van der Waals surface area (Å²) in [5.74, 6) is -0.446. The number of hydrogen-bond acceptors (Lipinski definition) is 3. The van der Waals surface area contributed by atoms with Gasteiger partial charge in [-0.25, -0.2) is 0 Å². The summed E-state index contributed by atoms with van der Waals surface area (Å²) < 4.78 is 44.3. The van der Waals surface area contributed by atoms with E-state index in [1.807, 2.05) is 0 Å². The maximum atomic E-state index is 13.1. The lowest BCUT2D eigenvalue weighted by Crippen LogP contribution is -2.52. The third-order valence-electron chi connectivity index (χ3n) is 3.35. The molecule has 1 heterocycles. The summed E-state index contributed by atoms with van der Waals surface area (Å²) in [5.41, 5.74) is 0. The van der Waals surface area contributed by atoms with Crippen LogP contribution in [0.4, 0.5) is 13.2 Å². The molecule has 1 saturated heterocycles. The highest BCUT2D eigenvalue weighted by atomic mass is 19.4. The summed E-state index contributed by atoms with van der Waals surface area (Å²) in [4.78, 5) is 14.6. The molecule has 1 aliphatic heterocycles. The molecule has 0 spiro atoms. The van der Waals surface area contributed by atoms with E-state index in [-0.39, 0.29) is 26.3 Å². The van der Waals surface area contributed by atoms with Crippen LogP contribution in [0.3, 0.4) is 0 Å². The Morgan fingerprint density at radius 3 is 2.21 bits per heavy atom. The average Bonchev–Trinajstić information content (AvgIpc) is 2.37. The van der Waals surface area contributed by atoms with E-state index in [0.717, 1.165) is 0 Å². The van der Waals surface area contributed by atoms with E-state index in [9.17, 15) is 18.0 Å². The van der Waals surface area contributed by atoms with E-state index in [2.05, 4.69) is 0 Å². The Bertz CT molecular complexity index is 287. The first-order valence-corrected chi connectivity index (χ1v) is 6.56. The minimum absolute atomic E-state index is 0.218. The van der Waals surface area contributed by atoms with Gasteiger partial charge >= 0.3 is 6.18 Å². The molecule has 4 nitrogen and oxygen atoms in total. The summed E-state index contributed by atoms with van der Waals surface area (Å²) >= 11 is 0. The van der Waals surface area contributed by atoms with E-state index in [0.29, 0.717) is 13.1 Å². The molecule has 1 aliphatic rings. The van der Waals surface area contributed by atoms with Crippen LogP contribution < -0.4 is 0 Å². The number of nitrogens with zero attached hydrogens (tertiary/aromatic N) is 2. The molecule has 1 atom stereocenters. The van der Waals surface area contributed by atoms with Crippen molar-refractivity contribution in [2.24, 2.45) is 0 Å². The van der Waals surface area contributed by atoms with E-state index in [1.54, 1.807) is 13.8 Å². The van der Waals surface area contributed by atoms with Crippen LogP contribution in [-0.2, 0) is 9.53 Å². The molecule has 0 aliphatic carbocycles. The molecule has 0 bridgehead atoms. The van der Waals surface area contributed by atoms with Gasteiger partial charge in [-0.2, -0.15) is 13.2 Å². The molecule has 0 N–H and O–H groups in total. The van der Waals surface area contributed by atoms with Crippen molar-refractivity contribution in [1.29, 1.82) is 0 Å². The predicted octanol–water partition coefficient (Wildman–Crippen LogP) is 1.51. The molecule has 0 aromatic rings. The fraction of sp³-hybridized carbons (Fsp3) is 0.917. The van der Waals surface area contributed by atoms with Gasteiger partial charge in [0.1, 0.15) is 6.04 Å². The number of morpholine rings is 1. The van der Waals surface area contributed by atoms with Crippen LogP contribution in [0.25, 0.3) is 0 Å². The first-order chi connectivity index (χ1) is 8.90. The van der Waals surface area contributed by atoms with Crippen molar-refractivity contribution < 1.29 is 22.7 Å². The van der Waals surface area contributed by atoms with Gasteiger partial charge in [0.2, 0.25) is 5.91 Å². The first-order valence-electron chi connectivity index (χ1n) is 6.56. The molecular formula is C12H21F3N2O2. The third-order valence-corrected chi connectivity index (χ3v) is 3.35. The lowest BCUT2D eigenvalue weighted by atomic mass is 10.1. The highest BCUT2D eigenvalue weighted by Gasteiger charge is 2.45. The fourth-order valence-electron chi connectivity index (χ4n) is 2.21. The number of hydrogen-bond donors (Lipinski definition) is 0. The van der Waals surface area contributed by atoms with E-state index in [4.69, 9.17) is 4.74 Å². The maximum absolute atomic E-state index is 13.1. The smallest absolute Gasteiger partial charge is 0.379 e. The lowest BCUT2D eigenvalue weighted by Gasteiger charge is -2.36. The van der Waals surface area contributed by atoms with Gasteiger partial charge in [-0.05, 0) is 13.8 Å². The van der Waals surface area contributed by atoms with Crippen molar-refractivity contribution in [2.45, 2.75) is 32.5 Å². The molecule has 7 heteroatoms. The molecule has 1 unspecified atom stereocenters. The van der Waals surface area contributed by atoms with Crippen LogP contribution in [0.15, 0.2) is 0 Å². The SMILES string of the molecule is CCN(CC)C(=O)CC(N1CCOCC1)C(F)(F)F. The third kappa shape index (κ3) is 4.65. The van der Waals surface area contributed by atoms with Gasteiger partial charge in [0, 0.05) is 26.2 Å². The molecule has 1 fully saturated rings. The minimum Gasteiger partial charge on any atom is -0.379 e. The standard InChI is InChI=1S/C12H21F3N2O2/c1-3-16(4-2)11(18)9-10(12(13,14)15)17-5-7-19-8-6-17/h10H,3-9H2,1-2H3. The number of ether oxygens (including phenoxy) is 1. The van der Waals surface area contributed by atoms with Crippen molar-refractivity contribution >= 4 is 5.91 Å². The molecule has 19 heavy (non-hydrogen) atoms. The first kappa shape index (κ1) is 16.2. The molecule has 0 radical (unpaired) electrons. The van der Waals surface area contributed by atoms with Gasteiger partial charge < -0.3 is 9.64 Å².